The molecular weight excluding hydrogens is 335 g/mol. The number of benzene rings is 2. The summed E-state index contributed by atoms with van der Waals surface area (Å²) < 4.78 is 18.2. The lowest BCUT2D eigenvalue weighted by atomic mass is 9.83. The molecule has 0 spiro atoms. The van der Waals surface area contributed by atoms with Gasteiger partial charge in [0, 0.05) is 17.1 Å². The van der Waals surface area contributed by atoms with Crippen LogP contribution in [-0.4, -0.2) is 24.0 Å². The number of H-pyrrole nitrogens is 1. The Balaban J connectivity index is 1.95. The Morgan fingerprint density at radius 2 is 1.88 bits per heavy atom. The van der Waals surface area contributed by atoms with Crippen LogP contribution in [0.2, 0.25) is 0 Å². The predicted octanol–water partition coefficient (Wildman–Crippen LogP) is 4.01. The molecule has 134 valence electrons. The van der Waals surface area contributed by atoms with E-state index < -0.39 is 11.4 Å². The van der Waals surface area contributed by atoms with Gasteiger partial charge in [0.25, 0.3) is 0 Å². The lowest BCUT2D eigenvalue weighted by Crippen LogP contribution is -2.35. The van der Waals surface area contributed by atoms with Gasteiger partial charge in [0.1, 0.15) is 5.82 Å². The highest BCUT2D eigenvalue weighted by Crippen LogP contribution is 2.32. The fraction of sp³-hybridized carbons (Fsp3) is 0.200. The second kappa shape index (κ2) is 6.63. The van der Waals surface area contributed by atoms with Gasteiger partial charge in [-0.2, -0.15) is 0 Å². The fourth-order valence-corrected chi connectivity index (χ4v) is 2.90. The summed E-state index contributed by atoms with van der Waals surface area (Å²) in [6.07, 6.45) is 1.70. The van der Waals surface area contributed by atoms with E-state index in [2.05, 4.69) is 10.3 Å². The highest BCUT2D eigenvalue weighted by molar-refractivity contribution is 6.06. The van der Waals surface area contributed by atoms with Gasteiger partial charge >= 0.3 is 5.97 Å². The van der Waals surface area contributed by atoms with Gasteiger partial charge in [-0.1, -0.05) is 12.1 Å². The molecule has 5 nitrogen and oxygen atoms in total. The van der Waals surface area contributed by atoms with Gasteiger partial charge in [-0.05, 0) is 49.7 Å². The number of anilines is 1. The van der Waals surface area contributed by atoms with Gasteiger partial charge in [0.05, 0.1) is 23.8 Å². The summed E-state index contributed by atoms with van der Waals surface area (Å²) in [5.74, 6) is -1.17. The second-order valence-corrected chi connectivity index (χ2v) is 6.51. The summed E-state index contributed by atoms with van der Waals surface area (Å²) in [6, 6.07) is 11.0. The van der Waals surface area contributed by atoms with E-state index in [0.29, 0.717) is 11.2 Å². The average Bonchev–Trinajstić information content (AvgIpc) is 3.05. The second-order valence-electron chi connectivity index (χ2n) is 6.51. The molecule has 3 aromatic rings. The van der Waals surface area contributed by atoms with Crippen molar-refractivity contribution in [2.45, 2.75) is 19.3 Å². The summed E-state index contributed by atoms with van der Waals surface area (Å²) in [6.45, 7) is 3.55. The summed E-state index contributed by atoms with van der Waals surface area (Å²) >= 11 is 0. The minimum absolute atomic E-state index is 0.278. The van der Waals surface area contributed by atoms with Crippen LogP contribution in [-0.2, 0) is 14.9 Å². The number of amides is 1. The van der Waals surface area contributed by atoms with Crippen LogP contribution in [0.1, 0.15) is 29.8 Å². The largest absolute Gasteiger partial charge is 0.465 e. The number of hydrogen-bond acceptors (Lipinski definition) is 3. The van der Waals surface area contributed by atoms with Crippen molar-refractivity contribution in [3.8, 4) is 0 Å². The number of aromatic amines is 1. The van der Waals surface area contributed by atoms with Gasteiger partial charge < -0.3 is 15.0 Å². The molecule has 2 N–H and O–H groups in total. The molecule has 0 radical (unpaired) electrons. The van der Waals surface area contributed by atoms with Crippen LogP contribution in [0.4, 0.5) is 10.1 Å². The third-order valence-corrected chi connectivity index (χ3v) is 4.47. The number of carbonyl (C=O) groups excluding carboxylic acids is 2. The summed E-state index contributed by atoms with van der Waals surface area (Å²) in [5.41, 5.74) is 1.10. The van der Waals surface area contributed by atoms with Crippen molar-refractivity contribution in [1.82, 2.24) is 4.98 Å². The van der Waals surface area contributed by atoms with E-state index in [9.17, 15) is 14.0 Å². The molecule has 0 fully saturated rings. The number of rotatable bonds is 4. The molecule has 1 aromatic heterocycles. The molecule has 0 aliphatic heterocycles. The molecule has 0 saturated heterocycles. The zero-order valence-electron chi connectivity index (χ0n) is 14.7. The Morgan fingerprint density at radius 3 is 2.62 bits per heavy atom. The van der Waals surface area contributed by atoms with Crippen LogP contribution in [0.15, 0.2) is 48.7 Å². The van der Waals surface area contributed by atoms with Gasteiger partial charge in [0.2, 0.25) is 5.91 Å². The average molecular weight is 354 g/mol. The first-order valence-electron chi connectivity index (χ1n) is 8.10. The molecule has 0 saturated carbocycles. The van der Waals surface area contributed by atoms with Crippen LogP contribution in [0.3, 0.4) is 0 Å². The molecule has 0 aliphatic carbocycles. The smallest absolute Gasteiger partial charge is 0.339 e. The predicted molar refractivity (Wildman–Crippen MR) is 97.7 cm³/mol. The molecule has 6 heteroatoms. The SMILES string of the molecule is COC(=O)c1ccccc1NC(=O)C(C)(C)c1c[nH]c2cc(F)ccc12. The van der Waals surface area contributed by atoms with Crippen LogP contribution in [0.25, 0.3) is 10.9 Å². The van der Waals surface area contributed by atoms with Crippen LogP contribution in [0, 0.1) is 5.82 Å². The van der Waals surface area contributed by atoms with E-state index in [4.69, 9.17) is 4.74 Å². The topological polar surface area (TPSA) is 71.2 Å². The first kappa shape index (κ1) is 17.7. The van der Waals surface area contributed by atoms with Gasteiger partial charge in [-0.15, -0.1) is 0 Å². The quantitative estimate of drug-likeness (QED) is 0.696. The molecule has 0 unspecified atom stereocenters. The van der Waals surface area contributed by atoms with Gasteiger partial charge in [-0.25, -0.2) is 9.18 Å². The third-order valence-electron chi connectivity index (χ3n) is 4.47. The molecule has 1 amide bonds. The summed E-state index contributed by atoms with van der Waals surface area (Å²) in [4.78, 5) is 27.8. The Kier molecular flexibility index (Phi) is 4.50. The Labute approximate surface area is 150 Å². The van der Waals surface area contributed by atoms with E-state index >= 15 is 0 Å². The molecule has 1 heterocycles. The minimum atomic E-state index is -0.917. The number of aromatic nitrogens is 1. The monoisotopic (exact) mass is 354 g/mol. The number of ether oxygens (including phenoxy) is 1. The van der Waals surface area contributed by atoms with Crippen LogP contribution < -0.4 is 5.32 Å². The third kappa shape index (κ3) is 3.06. The van der Waals surface area contributed by atoms with Crippen LogP contribution in [0.5, 0.6) is 0 Å². The number of halogens is 1. The molecule has 26 heavy (non-hydrogen) atoms. The molecule has 2 aromatic carbocycles. The summed E-state index contributed by atoms with van der Waals surface area (Å²) in [7, 11) is 1.29. The lowest BCUT2D eigenvalue weighted by molar-refractivity contribution is -0.120. The Morgan fingerprint density at radius 1 is 1.15 bits per heavy atom. The van der Waals surface area contributed by atoms with Crippen LogP contribution >= 0.6 is 0 Å². The van der Waals surface area contributed by atoms with Crippen molar-refractivity contribution in [2.24, 2.45) is 0 Å². The number of nitrogens with one attached hydrogen (secondary N) is 2. The number of para-hydroxylation sites is 1. The molecular formula is C20H19FN2O3. The molecule has 3 rings (SSSR count). The highest BCUT2D eigenvalue weighted by Gasteiger charge is 2.33. The van der Waals surface area contributed by atoms with Crippen molar-refractivity contribution in [2.75, 3.05) is 12.4 Å². The highest BCUT2D eigenvalue weighted by atomic mass is 19.1. The maximum atomic E-state index is 13.4. The zero-order chi connectivity index (χ0) is 18.9. The number of hydrogen-bond donors (Lipinski definition) is 2. The Bertz CT molecular complexity index is 992. The van der Waals surface area contributed by atoms with Gasteiger partial charge in [-0.3, -0.25) is 4.79 Å². The number of fused-ring (bicyclic) bond motifs is 1. The van der Waals surface area contributed by atoms with E-state index in [0.717, 1.165) is 10.9 Å². The molecule has 0 atom stereocenters. The van der Waals surface area contributed by atoms with Crippen molar-refractivity contribution in [3.63, 3.8) is 0 Å². The molecule has 0 aliphatic rings. The lowest BCUT2D eigenvalue weighted by Gasteiger charge is -2.24. The van der Waals surface area contributed by atoms with E-state index in [1.807, 2.05) is 0 Å². The number of methoxy groups -OCH3 is 1. The normalized spacial score (nSPS) is 11.4. The fourth-order valence-electron chi connectivity index (χ4n) is 2.90. The van der Waals surface area contributed by atoms with Crippen molar-refractivity contribution >= 4 is 28.5 Å². The Hall–Kier alpha value is -3.15. The number of esters is 1. The maximum Gasteiger partial charge on any atom is 0.339 e. The van der Waals surface area contributed by atoms with E-state index in [1.165, 1.54) is 19.2 Å². The van der Waals surface area contributed by atoms with Crippen molar-refractivity contribution in [3.05, 3.63) is 65.6 Å². The van der Waals surface area contributed by atoms with Crippen molar-refractivity contribution < 1.29 is 18.7 Å². The van der Waals surface area contributed by atoms with Gasteiger partial charge in [0.15, 0.2) is 0 Å². The summed E-state index contributed by atoms with van der Waals surface area (Å²) in [5, 5.41) is 3.57. The number of carbonyl (C=O) groups is 2. The minimum Gasteiger partial charge on any atom is -0.465 e. The first-order valence-corrected chi connectivity index (χ1v) is 8.10. The standard InChI is InChI=1S/C20H19FN2O3/c1-20(2,15-11-22-17-10-12(21)8-9-13(15)17)19(25)23-16-7-5-4-6-14(16)18(24)26-3/h4-11,22H,1-3H3,(H,23,25). The zero-order valence-corrected chi connectivity index (χ0v) is 14.7. The van der Waals surface area contributed by atoms with E-state index in [-0.39, 0.29) is 17.3 Å². The van der Waals surface area contributed by atoms with E-state index in [1.54, 1.807) is 50.4 Å². The molecule has 0 bridgehead atoms. The maximum absolute atomic E-state index is 13.4. The first-order chi connectivity index (χ1) is 12.3. The van der Waals surface area contributed by atoms with Crippen molar-refractivity contribution in [1.29, 1.82) is 0 Å².